The quantitative estimate of drug-likeness (QED) is 0.819. The molecule has 0 aliphatic carbocycles. The van der Waals surface area contributed by atoms with E-state index >= 15 is 0 Å². The Morgan fingerprint density at radius 1 is 1.29 bits per heavy atom. The number of nitrogens with two attached hydrogens (primary N) is 1. The standard InChI is InChI=1S/C16H19N5O2S/c17-15(23)12-5-4-8-20(9-12)14(22)10-24-16-18-11-21(19-16)13-6-2-1-3-7-13/h1-3,6-7,11-12H,4-5,8-10H2,(H2,17,23). The molecule has 1 aromatic heterocycles. The highest BCUT2D eigenvalue weighted by atomic mass is 32.2. The fourth-order valence-electron chi connectivity index (χ4n) is 2.67. The maximum Gasteiger partial charge on any atom is 0.233 e. The number of hydrogen-bond acceptors (Lipinski definition) is 5. The Hall–Kier alpha value is -2.35. The van der Waals surface area contributed by atoms with Crippen molar-refractivity contribution in [3.05, 3.63) is 36.7 Å². The van der Waals surface area contributed by atoms with Crippen molar-refractivity contribution in [1.29, 1.82) is 0 Å². The van der Waals surface area contributed by atoms with E-state index in [0.29, 0.717) is 18.2 Å². The number of piperidine rings is 1. The first-order valence-corrected chi connectivity index (χ1v) is 8.79. The van der Waals surface area contributed by atoms with Crippen LogP contribution >= 0.6 is 11.8 Å². The van der Waals surface area contributed by atoms with Crippen molar-refractivity contribution in [3.8, 4) is 5.69 Å². The number of para-hydroxylation sites is 1. The second-order valence-corrected chi connectivity index (χ2v) is 6.62. The van der Waals surface area contributed by atoms with Gasteiger partial charge in [0.25, 0.3) is 0 Å². The third kappa shape index (κ3) is 3.94. The number of carbonyl (C=O) groups excluding carboxylic acids is 2. The van der Waals surface area contributed by atoms with Crippen LogP contribution in [0.25, 0.3) is 5.69 Å². The van der Waals surface area contributed by atoms with Crippen LogP contribution < -0.4 is 5.73 Å². The highest BCUT2D eigenvalue weighted by molar-refractivity contribution is 7.99. The Bertz CT molecular complexity index is 718. The molecule has 126 valence electrons. The van der Waals surface area contributed by atoms with Crippen molar-refractivity contribution in [2.75, 3.05) is 18.8 Å². The fourth-order valence-corrected chi connectivity index (χ4v) is 3.38. The van der Waals surface area contributed by atoms with E-state index in [2.05, 4.69) is 10.1 Å². The molecule has 1 aromatic carbocycles. The Morgan fingerprint density at radius 3 is 2.83 bits per heavy atom. The van der Waals surface area contributed by atoms with Crippen molar-refractivity contribution in [3.63, 3.8) is 0 Å². The Morgan fingerprint density at radius 2 is 2.08 bits per heavy atom. The Balaban J connectivity index is 1.55. The summed E-state index contributed by atoms with van der Waals surface area (Å²) in [6.07, 6.45) is 3.20. The van der Waals surface area contributed by atoms with Crippen molar-refractivity contribution in [2.45, 2.75) is 18.0 Å². The fraction of sp³-hybridized carbons (Fsp3) is 0.375. The smallest absolute Gasteiger partial charge is 0.233 e. The van der Waals surface area contributed by atoms with Gasteiger partial charge in [-0.05, 0) is 25.0 Å². The molecule has 1 saturated heterocycles. The summed E-state index contributed by atoms with van der Waals surface area (Å²) in [4.78, 5) is 29.5. The van der Waals surface area contributed by atoms with Crippen LogP contribution in [0.2, 0.25) is 0 Å². The van der Waals surface area contributed by atoms with Crippen LogP contribution in [0.3, 0.4) is 0 Å². The molecule has 1 fully saturated rings. The van der Waals surface area contributed by atoms with Gasteiger partial charge in [0, 0.05) is 13.1 Å². The number of amides is 2. The summed E-state index contributed by atoms with van der Waals surface area (Å²) < 4.78 is 1.68. The molecule has 1 unspecified atom stereocenters. The van der Waals surface area contributed by atoms with Crippen LogP contribution in [0.4, 0.5) is 0 Å². The maximum absolute atomic E-state index is 12.3. The number of benzene rings is 1. The van der Waals surface area contributed by atoms with E-state index in [4.69, 9.17) is 5.73 Å². The molecule has 8 heteroatoms. The molecular formula is C16H19N5O2S. The van der Waals surface area contributed by atoms with E-state index in [1.165, 1.54) is 11.8 Å². The Kier molecular flexibility index (Phi) is 5.14. The summed E-state index contributed by atoms with van der Waals surface area (Å²) in [5.41, 5.74) is 6.27. The zero-order chi connectivity index (χ0) is 16.9. The molecule has 2 N–H and O–H groups in total. The molecule has 0 bridgehead atoms. The van der Waals surface area contributed by atoms with Gasteiger partial charge in [-0.25, -0.2) is 9.67 Å². The van der Waals surface area contributed by atoms with Crippen LogP contribution in [0.15, 0.2) is 41.8 Å². The SMILES string of the molecule is NC(=O)C1CCCN(C(=O)CSc2ncn(-c3ccccc3)n2)C1. The van der Waals surface area contributed by atoms with E-state index in [0.717, 1.165) is 18.5 Å². The number of aromatic nitrogens is 3. The van der Waals surface area contributed by atoms with Crippen molar-refractivity contribution >= 4 is 23.6 Å². The summed E-state index contributed by atoms with van der Waals surface area (Å²) in [5.74, 6) is -0.321. The first kappa shape index (κ1) is 16.5. The molecule has 1 aliphatic heterocycles. The van der Waals surface area contributed by atoms with Crippen LogP contribution in [-0.2, 0) is 9.59 Å². The molecule has 1 atom stereocenters. The summed E-state index contributed by atoms with van der Waals surface area (Å²) in [5, 5.41) is 4.92. The molecule has 2 aromatic rings. The number of primary amides is 1. The van der Waals surface area contributed by atoms with Gasteiger partial charge in [-0.15, -0.1) is 5.10 Å². The molecule has 0 radical (unpaired) electrons. The van der Waals surface area contributed by atoms with E-state index in [9.17, 15) is 9.59 Å². The molecule has 2 amide bonds. The summed E-state index contributed by atoms with van der Waals surface area (Å²) >= 11 is 1.30. The minimum atomic E-state index is -0.330. The average Bonchev–Trinajstić information content (AvgIpc) is 3.09. The zero-order valence-electron chi connectivity index (χ0n) is 13.2. The van der Waals surface area contributed by atoms with Crippen molar-refractivity contribution in [2.24, 2.45) is 11.7 Å². The first-order valence-electron chi connectivity index (χ1n) is 7.80. The van der Waals surface area contributed by atoms with Gasteiger partial charge < -0.3 is 10.6 Å². The molecule has 24 heavy (non-hydrogen) atoms. The number of hydrogen-bond donors (Lipinski definition) is 1. The van der Waals surface area contributed by atoms with Gasteiger partial charge in [-0.2, -0.15) is 0 Å². The van der Waals surface area contributed by atoms with E-state index in [1.807, 2.05) is 30.3 Å². The average molecular weight is 345 g/mol. The van der Waals surface area contributed by atoms with Gasteiger partial charge in [0.2, 0.25) is 17.0 Å². The molecule has 0 spiro atoms. The second kappa shape index (κ2) is 7.48. The molecule has 1 aliphatic rings. The lowest BCUT2D eigenvalue weighted by Gasteiger charge is -2.31. The lowest BCUT2D eigenvalue weighted by Crippen LogP contribution is -2.44. The van der Waals surface area contributed by atoms with Crippen LogP contribution in [0.5, 0.6) is 0 Å². The topological polar surface area (TPSA) is 94.1 Å². The Labute approximate surface area is 144 Å². The molecule has 3 rings (SSSR count). The number of thioether (sulfide) groups is 1. The number of carbonyl (C=O) groups is 2. The van der Waals surface area contributed by atoms with Gasteiger partial charge in [0.15, 0.2) is 0 Å². The monoisotopic (exact) mass is 345 g/mol. The van der Waals surface area contributed by atoms with Crippen LogP contribution in [0, 0.1) is 5.92 Å². The highest BCUT2D eigenvalue weighted by Crippen LogP contribution is 2.19. The molecule has 2 heterocycles. The minimum Gasteiger partial charge on any atom is -0.369 e. The van der Waals surface area contributed by atoms with Gasteiger partial charge in [-0.1, -0.05) is 30.0 Å². The number of rotatable bonds is 5. The van der Waals surface area contributed by atoms with Crippen LogP contribution in [0.1, 0.15) is 12.8 Å². The van der Waals surface area contributed by atoms with Crippen LogP contribution in [-0.4, -0.2) is 50.3 Å². The maximum atomic E-state index is 12.3. The second-order valence-electron chi connectivity index (χ2n) is 5.68. The van der Waals surface area contributed by atoms with E-state index in [1.54, 1.807) is 15.9 Å². The minimum absolute atomic E-state index is 0.0120. The summed E-state index contributed by atoms with van der Waals surface area (Å²) in [6, 6.07) is 9.67. The van der Waals surface area contributed by atoms with Gasteiger partial charge in [0.05, 0.1) is 17.4 Å². The summed E-state index contributed by atoms with van der Waals surface area (Å²) in [7, 11) is 0. The third-order valence-electron chi connectivity index (χ3n) is 3.99. The van der Waals surface area contributed by atoms with Crippen molar-refractivity contribution in [1.82, 2.24) is 19.7 Å². The zero-order valence-corrected chi connectivity index (χ0v) is 14.0. The first-order chi connectivity index (χ1) is 11.6. The number of nitrogens with zero attached hydrogens (tertiary/aromatic N) is 4. The van der Waals surface area contributed by atoms with Gasteiger partial charge in [0.1, 0.15) is 6.33 Å². The predicted molar refractivity (Wildman–Crippen MR) is 90.6 cm³/mol. The van der Waals surface area contributed by atoms with Crippen molar-refractivity contribution < 1.29 is 9.59 Å². The lowest BCUT2D eigenvalue weighted by molar-refractivity contribution is -0.132. The van der Waals surface area contributed by atoms with Gasteiger partial charge >= 0.3 is 0 Å². The molecule has 7 nitrogen and oxygen atoms in total. The third-order valence-corrected chi connectivity index (χ3v) is 4.83. The highest BCUT2D eigenvalue weighted by Gasteiger charge is 2.26. The largest absolute Gasteiger partial charge is 0.369 e. The van der Waals surface area contributed by atoms with E-state index < -0.39 is 0 Å². The predicted octanol–water partition coefficient (Wildman–Crippen LogP) is 1.08. The normalized spacial score (nSPS) is 17.7. The van der Waals surface area contributed by atoms with E-state index in [-0.39, 0.29) is 23.5 Å². The lowest BCUT2D eigenvalue weighted by atomic mass is 9.97. The number of likely N-dealkylation sites (tertiary alicyclic amines) is 1. The molecular weight excluding hydrogens is 326 g/mol. The molecule has 0 saturated carbocycles. The summed E-state index contributed by atoms with van der Waals surface area (Å²) in [6.45, 7) is 1.09. The van der Waals surface area contributed by atoms with Gasteiger partial charge in [-0.3, -0.25) is 9.59 Å².